The largest absolute Gasteiger partial charge is 0.256 e. The molecule has 2 aromatic carbocycles. The molecule has 0 amide bonds. The van der Waals surface area contributed by atoms with Gasteiger partial charge in [0.25, 0.3) is 0 Å². The number of anilines is 1. The minimum atomic E-state index is 0.0000983. The number of rotatable bonds is 3. The Hall–Kier alpha value is -1.88. The van der Waals surface area contributed by atoms with E-state index in [9.17, 15) is 0 Å². The molecule has 0 N–H and O–H groups in total. The van der Waals surface area contributed by atoms with Crippen LogP contribution in [0.5, 0.6) is 0 Å². The molecule has 1 unspecified atom stereocenters. The first-order valence-corrected chi connectivity index (χ1v) is 9.08. The van der Waals surface area contributed by atoms with Gasteiger partial charge in [0, 0.05) is 6.42 Å². The Kier molecular flexibility index (Phi) is 4.27. The quantitative estimate of drug-likeness (QED) is 0.579. The second-order valence-electron chi connectivity index (χ2n) is 5.43. The van der Waals surface area contributed by atoms with Crippen LogP contribution in [0.15, 0.2) is 65.8 Å². The zero-order chi connectivity index (χ0) is 16.5. The summed E-state index contributed by atoms with van der Waals surface area (Å²) in [6.07, 6.45) is 0.761. The summed E-state index contributed by atoms with van der Waals surface area (Å²) < 4.78 is 0.455. The fraction of sp³-hybridized carbons (Fsp3) is 0.111. The molecule has 3 aromatic rings. The topological polar surface area (TPSA) is 28.5 Å². The summed E-state index contributed by atoms with van der Waals surface area (Å²) in [6.45, 7) is 0. The van der Waals surface area contributed by atoms with Gasteiger partial charge in [0.2, 0.25) is 0 Å². The SMILES string of the molecule is Clc1nc(Cl)c(C2CC(c3ccccc3)=NN2c2ccccc2)s1. The molecule has 2 heterocycles. The molecule has 1 aliphatic rings. The second kappa shape index (κ2) is 6.55. The highest BCUT2D eigenvalue weighted by molar-refractivity contribution is 7.16. The van der Waals surface area contributed by atoms with Crippen molar-refractivity contribution in [2.45, 2.75) is 12.5 Å². The number of halogens is 2. The molecule has 1 aliphatic heterocycles. The average molecular weight is 374 g/mol. The molecule has 0 spiro atoms. The minimum Gasteiger partial charge on any atom is -0.256 e. The van der Waals surface area contributed by atoms with Gasteiger partial charge in [-0.15, -0.1) is 11.3 Å². The highest BCUT2D eigenvalue weighted by Crippen LogP contribution is 2.42. The second-order valence-corrected chi connectivity index (χ2v) is 7.41. The molecule has 3 nitrogen and oxygen atoms in total. The molecule has 0 saturated carbocycles. The molecule has 1 aromatic heterocycles. The van der Waals surface area contributed by atoms with E-state index in [-0.39, 0.29) is 6.04 Å². The van der Waals surface area contributed by atoms with Crippen LogP contribution in [0.1, 0.15) is 22.9 Å². The maximum Gasteiger partial charge on any atom is 0.185 e. The number of nitrogens with zero attached hydrogens (tertiary/aromatic N) is 3. The van der Waals surface area contributed by atoms with E-state index in [2.05, 4.69) is 17.1 Å². The third-order valence-electron chi connectivity index (χ3n) is 3.92. The molecule has 0 bridgehead atoms. The van der Waals surface area contributed by atoms with Crippen LogP contribution in [0.3, 0.4) is 0 Å². The smallest absolute Gasteiger partial charge is 0.185 e. The molecule has 0 radical (unpaired) electrons. The maximum atomic E-state index is 6.31. The molecular formula is C18H13Cl2N3S. The third-order valence-corrected chi connectivity index (χ3v) is 5.59. The van der Waals surface area contributed by atoms with Crippen LogP contribution in [0.25, 0.3) is 0 Å². The van der Waals surface area contributed by atoms with Crippen molar-refractivity contribution >= 4 is 45.9 Å². The number of benzene rings is 2. The normalized spacial score (nSPS) is 17.2. The van der Waals surface area contributed by atoms with Crippen molar-refractivity contribution < 1.29 is 0 Å². The lowest BCUT2D eigenvalue weighted by molar-refractivity contribution is 0.720. The number of hydrazone groups is 1. The standard InChI is InChI=1S/C18H13Cl2N3S/c19-17-16(24-18(20)21-17)15-11-14(12-7-3-1-4-8-12)22-23(15)13-9-5-2-6-10-13/h1-10,15H,11H2. The van der Waals surface area contributed by atoms with Gasteiger partial charge in [-0.25, -0.2) is 4.98 Å². The summed E-state index contributed by atoms with van der Waals surface area (Å²) in [5, 5.41) is 7.33. The predicted octanol–water partition coefficient (Wildman–Crippen LogP) is 5.81. The Morgan fingerprint density at radius 1 is 0.958 bits per heavy atom. The first-order chi connectivity index (χ1) is 11.7. The summed E-state index contributed by atoms with van der Waals surface area (Å²) >= 11 is 13.8. The average Bonchev–Trinajstić information content (AvgIpc) is 3.19. The van der Waals surface area contributed by atoms with E-state index < -0.39 is 0 Å². The van der Waals surface area contributed by atoms with Crippen molar-refractivity contribution in [2.24, 2.45) is 5.10 Å². The van der Waals surface area contributed by atoms with Crippen LogP contribution >= 0.6 is 34.5 Å². The summed E-state index contributed by atoms with van der Waals surface area (Å²) in [7, 11) is 0. The van der Waals surface area contributed by atoms with Gasteiger partial charge in [0.05, 0.1) is 22.3 Å². The van der Waals surface area contributed by atoms with Gasteiger partial charge >= 0.3 is 0 Å². The zero-order valence-corrected chi connectivity index (χ0v) is 14.9. The van der Waals surface area contributed by atoms with Crippen LogP contribution in [-0.2, 0) is 0 Å². The Balaban J connectivity index is 1.77. The van der Waals surface area contributed by atoms with Gasteiger partial charge in [-0.1, -0.05) is 71.7 Å². The van der Waals surface area contributed by atoms with Crippen molar-refractivity contribution in [1.82, 2.24) is 4.98 Å². The Bertz CT molecular complexity index is 878. The van der Waals surface area contributed by atoms with Gasteiger partial charge in [0.1, 0.15) is 5.15 Å². The number of para-hydroxylation sites is 1. The molecule has 0 aliphatic carbocycles. The fourth-order valence-electron chi connectivity index (χ4n) is 2.83. The maximum absolute atomic E-state index is 6.31. The fourth-order valence-corrected chi connectivity index (χ4v) is 4.35. The third kappa shape index (κ3) is 2.93. The summed E-state index contributed by atoms with van der Waals surface area (Å²) in [4.78, 5) is 5.10. The molecule has 1 atom stereocenters. The lowest BCUT2D eigenvalue weighted by Gasteiger charge is -2.22. The zero-order valence-electron chi connectivity index (χ0n) is 12.6. The van der Waals surface area contributed by atoms with E-state index in [0.717, 1.165) is 28.3 Å². The van der Waals surface area contributed by atoms with Crippen molar-refractivity contribution in [3.05, 3.63) is 80.7 Å². The lowest BCUT2D eigenvalue weighted by atomic mass is 10.0. The van der Waals surface area contributed by atoms with E-state index in [1.165, 1.54) is 11.3 Å². The summed E-state index contributed by atoms with van der Waals surface area (Å²) in [5.41, 5.74) is 3.17. The summed E-state index contributed by atoms with van der Waals surface area (Å²) in [6, 6.07) is 20.3. The van der Waals surface area contributed by atoms with E-state index in [1.54, 1.807) is 0 Å². The van der Waals surface area contributed by atoms with Crippen molar-refractivity contribution in [1.29, 1.82) is 0 Å². The molecule has 0 fully saturated rings. The molecule has 6 heteroatoms. The molecule has 0 saturated heterocycles. The number of thiazole rings is 1. The van der Waals surface area contributed by atoms with Crippen molar-refractivity contribution in [2.75, 3.05) is 5.01 Å². The first kappa shape index (κ1) is 15.6. The van der Waals surface area contributed by atoms with Crippen LogP contribution < -0.4 is 5.01 Å². The van der Waals surface area contributed by atoms with E-state index in [4.69, 9.17) is 28.3 Å². The first-order valence-electron chi connectivity index (χ1n) is 7.51. The summed E-state index contributed by atoms with van der Waals surface area (Å²) in [5.74, 6) is 0. The van der Waals surface area contributed by atoms with Crippen molar-refractivity contribution in [3.63, 3.8) is 0 Å². The van der Waals surface area contributed by atoms with E-state index in [1.807, 2.05) is 53.5 Å². The Labute approximate surface area is 154 Å². The number of aromatic nitrogens is 1. The molecule has 120 valence electrons. The monoisotopic (exact) mass is 373 g/mol. The van der Waals surface area contributed by atoms with Crippen molar-refractivity contribution in [3.8, 4) is 0 Å². The molecule has 4 rings (SSSR count). The van der Waals surface area contributed by atoms with Crippen LogP contribution in [0, 0.1) is 0 Å². The lowest BCUT2D eigenvalue weighted by Crippen LogP contribution is -2.17. The minimum absolute atomic E-state index is 0.0000983. The van der Waals surface area contributed by atoms with Crippen LogP contribution in [0.4, 0.5) is 5.69 Å². The highest BCUT2D eigenvalue weighted by Gasteiger charge is 2.33. The van der Waals surface area contributed by atoms with Gasteiger partial charge in [-0.3, -0.25) is 5.01 Å². The van der Waals surface area contributed by atoms with Crippen LogP contribution in [0.2, 0.25) is 9.62 Å². The Morgan fingerprint density at radius 3 is 2.25 bits per heavy atom. The predicted molar refractivity (Wildman–Crippen MR) is 101 cm³/mol. The van der Waals surface area contributed by atoms with E-state index >= 15 is 0 Å². The van der Waals surface area contributed by atoms with Gasteiger partial charge in [-0.05, 0) is 17.7 Å². The molecular weight excluding hydrogens is 361 g/mol. The van der Waals surface area contributed by atoms with Gasteiger partial charge in [0.15, 0.2) is 4.47 Å². The van der Waals surface area contributed by atoms with E-state index in [0.29, 0.717) is 9.62 Å². The highest BCUT2D eigenvalue weighted by atomic mass is 35.5. The van der Waals surface area contributed by atoms with Crippen LogP contribution in [-0.4, -0.2) is 10.7 Å². The number of hydrogen-bond donors (Lipinski definition) is 0. The van der Waals surface area contributed by atoms with Gasteiger partial charge in [-0.2, -0.15) is 5.10 Å². The Morgan fingerprint density at radius 2 is 1.62 bits per heavy atom. The molecule has 24 heavy (non-hydrogen) atoms. The number of hydrogen-bond acceptors (Lipinski definition) is 4. The van der Waals surface area contributed by atoms with Gasteiger partial charge < -0.3 is 0 Å².